The second-order valence-corrected chi connectivity index (χ2v) is 14.9. The maximum atomic E-state index is 14.7. The highest BCUT2D eigenvalue weighted by molar-refractivity contribution is 7.89. The minimum absolute atomic E-state index is 0.102. The van der Waals surface area contributed by atoms with Crippen molar-refractivity contribution >= 4 is 21.4 Å². The molecular weight excluding hydrogens is 574 g/mol. The Kier molecular flexibility index (Phi) is 6.15. The zero-order chi connectivity index (χ0) is 29.6. The number of benzene rings is 3. The third-order valence-electron chi connectivity index (χ3n) is 10.8. The molecule has 0 fully saturated rings. The first-order chi connectivity index (χ1) is 21.5. The van der Waals surface area contributed by atoms with Gasteiger partial charge in [-0.05, 0) is 80.7 Å². The van der Waals surface area contributed by atoms with Crippen molar-refractivity contribution in [3.8, 4) is 11.5 Å². The minimum atomic E-state index is -3.89. The molecule has 9 heteroatoms. The summed E-state index contributed by atoms with van der Waals surface area (Å²) in [6.07, 6.45) is 8.12. The van der Waals surface area contributed by atoms with Gasteiger partial charge in [-0.15, -0.1) is 0 Å². The molecule has 0 amide bonds. The molecule has 8 nitrogen and oxygen atoms in total. The third-order valence-corrected chi connectivity index (χ3v) is 12.8. The molecule has 0 unspecified atom stereocenters. The average molecular weight is 614 g/mol. The third kappa shape index (κ3) is 3.52. The van der Waals surface area contributed by atoms with E-state index in [-0.39, 0.29) is 26.4 Å². The fourth-order valence-electron chi connectivity index (χ4n) is 9.26. The molecule has 0 saturated carbocycles. The Morgan fingerprint density at radius 1 is 0.773 bits per heavy atom. The number of hydrogen-bond donors (Lipinski definition) is 1. The summed E-state index contributed by atoms with van der Waals surface area (Å²) in [5, 5.41) is 9.42. The van der Waals surface area contributed by atoms with Crippen LogP contribution in [-0.2, 0) is 46.0 Å². The summed E-state index contributed by atoms with van der Waals surface area (Å²) in [5.41, 5.74) is 9.37. The average Bonchev–Trinajstić information content (AvgIpc) is 3.24. The molecule has 44 heavy (non-hydrogen) atoms. The van der Waals surface area contributed by atoms with Gasteiger partial charge in [-0.3, -0.25) is 0 Å². The number of fused-ring (bicyclic) bond motifs is 8. The van der Waals surface area contributed by atoms with Crippen molar-refractivity contribution in [2.45, 2.75) is 61.8 Å². The largest absolute Gasteiger partial charge is 0.456 e. The maximum absolute atomic E-state index is 14.7. The maximum Gasteiger partial charge on any atom is 0.244 e. The number of sulfonamides is 1. The topological polar surface area (TPSA) is 82.6 Å². The van der Waals surface area contributed by atoms with Crippen molar-refractivity contribution in [2.75, 3.05) is 62.3 Å². The van der Waals surface area contributed by atoms with Crippen molar-refractivity contribution in [1.29, 1.82) is 0 Å². The molecule has 3 aromatic rings. The van der Waals surface area contributed by atoms with Crippen molar-refractivity contribution in [1.82, 2.24) is 4.31 Å². The summed E-state index contributed by atoms with van der Waals surface area (Å²) in [6.45, 7) is 4.66. The number of ether oxygens (including phenoxy) is 2. The van der Waals surface area contributed by atoms with Gasteiger partial charge in [0.25, 0.3) is 0 Å². The van der Waals surface area contributed by atoms with Gasteiger partial charge in [-0.2, -0.15) is 4.31 Å². The van der Waals surface area contributed by atoms with Gasteiger partial charge < -0.3 is 24.4 Å². The van der Waals surface area contributed by atoms with Crippen LogP contribution in [0.1, 0.15) is 64.6 Å². The highest BCUT2D eigenvalue weighted by atomic mass is 32.2. The number of nitrogens with zero attached hydrogens (tertiary/aromatic N) is 3. The first-order valence-corrected chi connectivity index (χ1v) is 17.9. The van der Waals surface area contributed by atoms with Crippen molar-refractivity contribution in [3.05, 3.63) is 75.3 Å². The Morgan fingerprint density at radius 2 is 1.34 bits per heavy atom. The van der Waals surface area contributed by atoms with E-state index in [1.54, 1.807) is 10.4 Å². The normalized spacial score (nSPS) is 21.7. The fraction of sp³-hybridized carbons (Fsp3) is 0.486. The highest BCUT2D eigenvalue weighted by Gasteiger charge is 2.61. The quantitative estimate of drug-likeness (QED) is 0.425. The Balaban J connectivity index is 1.40. The molecule has 6 aliphatic rings. The number of anilines is 2. The van der Waals surface area contributed by atoms with E-state index in [0.717, 1.165) is 106 Å². The van der Waals surface area contributed by atoms with Gasteiger partial charge in [-0.25, -0.2) is 8.42 Å². The van der Waals surface area contributed by atoms with Crippen molar-refractivity contribution < 1.29 is 23.0 Å². The Labute approximate surface area is 259 Å². The van der Waals surface area contributed by atoms with E-state index >= 15 is 0 Å². The van der Waals surface area contributed by atoms with Gasteiger partial charge >= 0.3 is 0 Å². The van der Waals surface area contributed by atoms with E-state index in [1.165, 1.54) is 33.6 Å². The van der Waals surface area contributed by atoms with Gasteiger partial charge in [0.2, 0.25) is 10.0 Å². The van der Waals surface area contributed by atoms with Crippen LogP contribution in [0.3, 0.4) is 0 Å². The number of rotatable bonds is 5. The smallest absolute Gasteiger partial charge is 0.244 e. The van der Waals surface area contributed by atoms with Crippen LogP contribution in [0.2, 0.25) is 0 Å². The van der Waals surface area contributed by atoms with Crippen LogP contribution in [0.15, 0.2) is 41.3 Å². The van der Waals surface area contributed by atoms with Gasteiger partial charge in [0.05, 0.1) is 24.7 Å². The fourth-order valence-corrected chi connectivity index (χ4v) is 11.2. The van der Waals surface area contributed by atoms with E-state index in [0.29, 0.717) is 4.90 Å². The summed E-state index contributed by atoms with van der Waals surface area (Å²) in [5.74, 6) is 1.72. The molecule has 0 saturated heterocycles. The number of aliphatic hydroxyl groups excluding tert-OH is 1. The van der Waals surface area contributed by atoms with Crippen LogP contribution in [0.4, 0.5) is 11.4 Å². The van der Waals surface area contributed by atoms with Crippen molar-refractivity contribution in [3.63, 3.8) is 0 Å². The monoisotopic (exact) mass is 613 g/mol. The molecule has 6 heterocycles. The lowest BCUT2D eigenvalue weighted by Crippen LogP contribution is -2.49. The SMILES string of the molecule is O=S1(=O)c2ccccc2C2(c3cc4c5c(c3Oc3c2cc2c6c3CCCN6CCC2)CCCN5CCC4)N1CCOCCO. The molecular formula is C35H39N3O5S. The van der Waals surface area contributed by atoms with Crippen LogP contribution in [0, 0.1) is 0 Å². The molecule has 1 N–H and O–H groups in total. The standard InChI is InChI=1S/C35H39N3O5S/c39-18-20-42-19-17-38-35(27-11-1-2-12-30(27)44(38,40)41)28-21-23-7-3-13-36-15-5-9-25(31(23)36)33(28)43-34-26-10-6-16-37-14-4-8-24(32(26)37)22-29(34)35/h1-2,11-12,21-22,39H,3-10,13-20H2. The van der Waals surface area contributed by atoms with Gasteiger partial charge in [0, 0.05) is 71.9 Å². The Bertz CT molecular complexity index is 1720. The first kappa shape index (κ1) is 27.2. The van der Waals surface area contributed by atoms with Crippen molar-refractivity contribution in [2.24, 2.45) is 0 Å². The lowest BCUT2D eigenvalue weighted by atomic mass is 9.70. The van der Waals surface area contributed by atoms with Gasteiger partial charge in [0.15, 0.2) is 0 Å². The lowest BCUT2D eigenvalue weighted by molar-refractivity contribution is 0.0777. The highest BCUT2D eigenvalue weighted by Crippen LogP contribution is 2.64. The summed E-state index contributed by atoms with van der Waals surface area (Å²) >= 11 is 0. The zero-order valence-electron chi connectivity index (χ0n) is 25.1. The second-order valence-electron chi connectivity index (χ2n) is 13.1. The van der Waals surface area contributed by atoms with Crippen LogP contribution in [-0.4, -0.2) is 70.4 Å². The first-order valence-electron chi connectivity index (χ1n) is 16.4. The number of aliphatic hydroxyl groups is 1. The molecule has 0 bridgehead atoms. The molecule has 3 aromatic carbocycles. The molecule has 6 aliphatic heterocycles. The predicted octanol–water partition coefficient (Wildman–Crippen LogP) is 4.50. The molecule has 0 atom stereocenters. The van der Waals surface area contributed by atoms with E-state index in [2.05, 4.69) is 21.9 Å². The predicted molar refractivity (Wildman–Crippen MR) is 169 cm³/mol. The number of aryl methyl sites for hydroxylation is 2. The molecule has 1 spiro atoms. The van der Waals surface area contributed by atoms with Gasteiger partial charge in [0.1, 0.15) is 17.0 Å². The van der Waals surface area contributed by atoms with Crippen LogP contribution < -0.4 is 14.5 Å². The summed E-state index contributed by atoms with van der Waals surface area (Å²) < 4.78 is 44.2. The van der Waals surface area contributed by atoms with Crippen LogP contribution in [0.25, 0.3) is 0 Å². The van der Waals surface area contributed by atoms with Crippen LogP contribution in [0.5, 0.6) is 11.5 Å². The minimum Gasteiger partial charge on any atom is -0.456 e. The Morgan fingerprint density at radius 3 is 1.93 bits per heavy atom. The molecule has 0 radical (unpaired) electrons. The van der Waals surface area contributed by atoms with E-state index in [4.69, 9.17) is 9.47 Å². The van der Waals surface area contributed by atoms with Crippen LogP contribution >= 0.6 is 0 Å². The van der Waals surface area contributed by atoms with E-state index in [9.17, 15) is 13.5 Å². The second kappa shape index (κ2) is 9.94. The lowest BCUT2D eigenvalue weighted by Gasteiger charge is -2.48. The number of hydrogen-bond acceptors (Lipinski definition) is 7. The summed E-state index contributed by atoms with van der Waals surface area (Å²) in [6, 6.07) is 12.2. The summed E-state index contributed by atoms with van der Waals surface area (Å²) in [7, 11) is -3.89. The van der Waals surface area contributed by atoms with E-state index in [1.807, 2.05) is 18.2 Å². The molecule has 0 aromatic heterocycles. The zero-order valence-corrected chi connectivity index (χ0v) is 25.9. The molecule has 0 aliphatic carbocycles. The summed E-state index contributed by atoms with van der Waals surface area (Å²) in [4.78, 5) is 5.42. The molecule has 9 rings (SSSR count). The van der Waals surface area contributed by atoms with Gasteiger partial charge in [-0.1, -0.05) is 18.2 Å². The Hall–Kier alpha value is -3.11. The molecule has 230 valence electrons. The van der Waals surface area contributed by atoms with E-state index < -0.39 is 15.6 Å².